The first-order valence-electron chi connectivity index (χ1n) is 12.4. The van der Waals surface area contributed by atoms with Crippen LogP contribution in [0.3, 0.4) is 0 Å². The van der Waals surface area contributed by atoms with E-state index in [0.29, 0.717) is 36.0 Å². The number of hydrogen-bond acceptors (Lipinski definition) is 7. The molecule has 0 atom stereocenters. The first-order chi connectivity index (χ1) is 20.0. The number of carbonyl (C=O) groups excluding carboxylic acids is 2. The zero-order chi connectivity index (χ0) is 30.6. The summed E-state index contributed by atoms with van der Waals surface area (Å²) in [6.07, 6.45) is -3.01. The minimum Gasteiger partial charge on any atom is -0.478 e. The van der Waals surface area contributed by atoms with Crippen LogP contribution in [-0.2, 0) is 11.3 Å². The van der Waals surface area contributed by atoms with Crippen LogP contribution in [0.2, 0.25) is 5.02 Å². The fourth-order valence-corrected chi connectivity index (χ4v) is 4.21. The summed E-state index contributed by atoms with van der Waals surface area (Å²) in [6.45, 7) is 4.25. The summed E-state index contributed by atoms with van der Waals surface area (Å²) < 4.78 is 35.1. The fraction of sp³-hybridized carbons (Fsp3) is 0.179. The summed E-state index contributed by atoms with van der Waals surface area (Å²) >= 11 is 5.91. The molecule has 0 bridgehead atoms. The van der Waals surface area contributed by atoms with Crippen molar-refractivity contribution in [2.24, 2.45) is 0 Å². The third-order valence-corrected chi connectivity index (χ3v) is 6.26. The van der Waals surface area contributed by atoms with Gasteiger partial charge in [-0.3, -0.25) is 14.4 Å². The number of benzene rings is 3. The highest BCUT2D eigenvalue weighted by Crippen LogP contribution is 2.42. The van der Waals surface area contributed by atoms with Crippen LogP contribution < -0.4 is 25.2 Å². The molecule has 14 heteroatoms. The Bertz CT molecular complexity index is 1750. The van der Waals surface area contributed by atoms with Crippen molar-refractivity contribution in [1.29, 1.82) is 0 Å². The maximum absolute atomic E-state index is 12.8. The monoisotopic (exact) mass is 600 g/mol. The molecular formula is C28H23ClF2N4O7. The topological polar surface area (TPSA) is 140 Å². The van der Waals surface area contributed by atoms with Crippen molar-refractivity contribution in [3.8, 4) is 11.5 Å². The van der Waals surface area contributed by atoms with Gasteiger partial charge in [-0.25, -0.2) is 9.48 Å². The minimum absolute atomic E-state index is 0.0263. The molecule has 2 N–H and O–H groups in total. The number of carboxylic acid groups (broad SMARTS) is 1. The predicted octanol–water partition coefficient (Wildman–Crippen LogP) is 5.01. The van der Waals surface area contributed by atoms with Crippen molar-refractivity contribution >= 4 is 52.0 Å². The van der Waals surface area contributed by atoms with Crippen LogP contribution in [0.4, 0.5) is 20.2 Å². The van der Waals surface area contributed by atoms with Crippen LogP contribution in [0.5, 0.6) is 11.5 Å². The summed E-state index contributed by atoms with van der Waals surface area (Å²) in [5, 5.41) is 17.0. The van der Waals surface area contributed by atoms with Gasteiger partial charge >= 0.3 is 12.3 Å². The van der Waals surface area contributed by atoms with Crippen molar-refractivity contribution in [2.75, 3.05) is 16.8 Å². The molecule has 11 nitrogen and oxygen atoms in total. The maximum Gasteiger partial charge on any atom is 0.586 e. The van der Waals surface area contributed by atoms with Gasteiger partial charge in [0.25, 0.3) is 11.5 Å². The molecule has 4 aromatic rings. The molecule has 3 aromatic carbocycles. The van der Waals surface area contributed by atoms with Gasteiger partial charge in [0.15, 0.2) is 17.2 Å². The lowest BCUT2D eigenvalue weighted by atomic mass is 10.1. The number of carboxylic acids is 1. The van der Waals surface area contributed by atoms with Crippen LogP contribution in [0.1, 0.15) is 34.7 Å². The number of nitrogens with zero attached hydrogens (tertiary/aromatic N) is 3. The van der Waals surface area contributed by atoms with Gasteiger partial charge in [0.1, 0.15) is 0 Å². The van der Waals surface area contributed by atoms with Crippen LogP contribution in [0.15, 0.2) is 65.5 Å². The second-order valence-corrected chi connectivity index (χ2v) is 9.09. The van der Waals surface area contributed by atoms with Gasteiger partial charge in [0.05, 0.1) is 16.6 Å². The lowest BCUT2D eigenvalue weighted by Gasteiger charge is -2.14. The summed E-state index contributed by atoms with van der Waals surface area (Å²) in [7, 11) is 0. The standard InChI is InChI=1S/C18H14ClN3O4.C10H9F2NO3/c1-2-22-17(24)12-6-4-3-5-11(12)15(21-22)16(23)20-14-9-10(19)7-8-13(14)18(25)26;1-2-13(6-14)7-3-4-8-9(5-7)16-10(11,12)15-8/h3-9H,2H2,1H3,(H,20,23)(H,25,26);3-6H,2H2,1H3. The maximum atomic E-state index is 12.8. The van der Waals surface area contributed by atoms with Crippen molar-refractivity contribution in [3.05, 3.63) is 87.3 Å². The lowest BCUT2D eigenvalue weighted by molar-refractivity contribution is -0.286. The number of rotatable bonds is 7. The van der Waals surface area contributed by atoms with E-state index in [1.807, 2.05) is 0 Å². The molecule has 0 unspecified atom stereocenters. The largest absolute Gasteiger partial charge is 0.586 e. The number of aromatic carboxylic acids is 1. The number of alkyl halides is 2. The normalized spacial score (nSPS) is 12.7. The first kappa shape index (κ1) is 29.9. The quantitative estimate of drug-likeness (QED) is 0.282. The number of carbonyl (C=O) groups is 3. The Morgan fingerprint density at radius 2 is 1.76 bits per heavy atom. The molecular weight excluding hydrogens is 578 g/mol. The number of fused-ring (bicyclic) bond motifs is 2. The molecule has 0 aliphatic carbocycles. The van der Waals surface area contributed by atoms with Gasteiger partial charge < -0.3 is 24.8 Å². The summed E-state index contributed by atoms with van der Waals surface area (Å²) in [5.41, 5.74) is 0.163. The summed E-state index contributed by atoms with van der Waals surface area (Å²) in [6, 6.07) is 14.9. The van der Waals surface area contributed by atoms with E-state index in [-0.39, 0.29) is 39.0 Å². The molecule has 0 saturated carbocycles. The Morgan fingerprint density at radius 1 is 1.07 bits per heavy atom. The summed E-state index contributed by atoms with van der Waals surface area (Å²) in [5.74, 6) is -1.93. The average molecular weight is 601 g/mol. The van der Waals surface area contributed by atoms with E-state index in [0.717, 1.165) is 0 Å². The molecule has 1 aromatic heterocycles. The smallest absolute Gasteiger partial charge is 0.478 e. The molecule has 42 heavy (non-hydrogen) atoms. The molecule has 0 spiro atoms. The van der Waals surface area contributed by atoms with Crippen molar-refractivity contribution in [2.45, 2.75) is 26.7 Å². The Morgan fingerprint density at radius 3 is 2.40 bits per heavy atom. The van der Waals surface area contributed by atoms with E-state index < -0.39 is 18.2 Å². The highest BCUT2D eigenvalue weighted by atomic mass is 35.5. The van der Waals surface area contributed by atoms with E-state index in [1.54, 1.807) is 38.1 Å². The number of aryl methyl sites for hydroxylation is 1. The molecule has 0 saturated heterocycles. The second kappa shape index (κ2) is 12.2. The van der Waals surface area contributed by atoms with Gasteiger partial charge in [-0.15, -0.1) is 8.78 Å². The van der Waals surface area contributed by atoms with E-state index >= 15 is 0 Å². The highest BCUT2D eigenvalue weighted by molar-refractivity contribution is 6.31. The van der Waals surface area contributed by atoms with Crippen LogP contribution >= 0.6 is 11.6 Å². The molecule has 2 amide bonds. The first-order valence-corrected chi connectivity index (χ1v) is 12.8. The molecule has 1 aliphatic heterocycles. The average Bonchev–Trinajstić information content (AvgIpc) is 3.27. The van der Waals surface area contributed by atoms with E-state index in [1.165, 1.54) is 46.0 Å². The van der Waals surface area contributed by atoms with Crippen molar-refractivity contribution in [3.63, 3.8) is 0 Å². The zero-order valence-electron chi connectivity index (χ0n) is 22.1. The molecule has 0 radical (unpaired) electrons. The zero-order valence-corrected chi connectivity index (χ0v) is 22.9. The lowest BCUT2D eigenvalue weighted by Crippen LogP contribution is -2.27. The number of nitrogens with one attached hydrogen (secondary N) is 1. The Kier molecular flexibility index (Phi) is 8.71. The number of amides is 2. The van der Waals surface area contributed by atoms with Crippen molar-refractivity contribution < 1.29 is 37.7 Å². The molecule has 2 heterocycles. The van der Waals surface area contributed by atoms with Crippen LogP contribution in [-0.4, -0.2) is 46.0 Å². The number of anilines is 2. The summed E-state index contributed by atoms with van der Waals surface area (Å²) in [4.78, 5) is 48.5. The number of hydrogen-bond donors (Lipinski definition) is 2. The van der Waals surface area contributed by atoms with E-state index in [2.05, 4.69) is 19.9 Å². The second-order valence-electron chi connectivity index (χ2n) is 8.65. The Labute approximate surface area is 241 Å². The SMILES string of the molecule is CCN(C=O)c1ccc2c(c1)OC(F)(F)O2.CCn1nc(C(=O)Nc2cc(Cl)ccc2C(=O)O)c2ccccc2c1=O. The fourth-order valence-electron chi connectivity index (χ4n) is 4.04. The molecule has 1 aliphatic rings. The number of aromatic nitrogens is 2. The van der Waals surface area contributed by atoms with Gasteiger partial charge in [0.2, 0.25) is 6.41 Å². The molecule has 5 rings (SSSR count). The van der Waals surface area contributed by atoms with E-state index in [4.69, 9.17) is 11.6 Å². The molecule has 0 fully saturated rings. The Hall–Kier alpha value is -5.04. The highest BCUT2D eigenvalue weighted by Gasteiger charge is 2.43. The number of ether oxygens (including phenoxy) is 2. The molecule has 218 valence electrons. The van der Waals surface area contributed by atoms with Gasteiger partial charge in [0, 0.05) is 35.3 Å². The van der Waals surface area contributed by atoms with E-state index in [9.17, 15) is 33.1 Å². The predicted molar refractivity (Wildman–Crippen MR) is 150 cm³/mol. The third-order valence-electron chi connectivity index (χ3n) is 6.03. The van der Waals surface area contributed by atoms with Gasteiger partial charge in [-0.2, -0.15) is 5.10 Å². The van der Waals surface area contributed by atoms with Gasteiger partial charge in [-0.1, -0.05) is 29.8 Å². The third kappa shape index (κ3) is 6.31. The minimum atomic E-state index is -3.63. The Balaban J connectivity index is 0.000000216. The van der Waals surface area contributed by atoms with Crippen LogP contribution in [0, 0.1) is 0 Å². The van der Waals surface area contributed by atoms with Crippen molar-refractivity contribution in [1.82, 2.24) is 9.78 Å². The van der Waals surface area contributed by atoms with Crippen LogP contribution in [0.25, 0.3) is 10.8 Å². The number of halogens is 3. The van der Waals surface area contributed by atoms with Gasteiger partial charge in [-0.05, 0) is 50.2 Å².